The number of rotatable bonds is 6. The van der Waals surface area contributed by atoms with Gasteiger partial charge in [0, 0.05) is 25.7 Å². The van der Waals surface area contributed by atoms with E-state index in [1.54, 1.807) is 0 Å². The van der Waals surface area contributed by atoms with Crippen molar-refractivity contribution in [2.75, 3.05) is 39.4 Å². The SMILES string of the molecule is CCCNCC1CCC(CN2CCOCC2C)O1. The van der Waals surface area contributed by atoms with Crippen molar-refractivity contribution in [1.29, 1.82) is 0 Å². The molecule has 0 spiro atoms. The lowest BCUT2D eigenvalue weighted by atomic mass is 10.1. The van der Waals surface area contributed by atoms with E-state index in [1.165, 1.54) is 19.3 Å². The number of ether oxygens (including phenoxy) is 2. The van der Waals surface area contributed by atoms with Gasteiger partial charge in [-0.1, -0.05) is 6.92 Å². The molecule has 2 aliphatic rings. The van der Waals surface area contributed by atoms with Crippen LogP contribution in [0.25, 0.3) is 0 Å². The van der Waals surface area contributed by atoms with E-state index in [-0.39, 0.29) is 0 Å². The fraction of sp³-hybridized carbons (Fsp3) is 1.00. The highest BCUT2D eigenvalue weighted by Crippen LogP contribution is 2.21. The Hall–Kier alpha value is -0.160. The maximum absolute atomic E-state index is 6.11. The number of hydrogen-bond donors (Lipinski definition) is 1. The summed E-state index contributed by atoms with van der Waals surface area (Å²) in [7, 11) is 0. The first-order valence-corrected chi connectivity index (χ1v) is 7.47. The van der Waals surface area contributed by atoms with Crippen molar-refractivity contribution in [3.63, 3.8) is 0 Å². The van der Waals surface area contributed by atoms with Gasteiger partial charge < -0.3 is 14.8 Å². The van der Waals surface area contributed by atoms with Crippen LogP contribution in [0.5, 0.6) is 0 Å². The van der Waals surface area contributed by atoms with Crippen LogP contribution in [0.15, 0.2) is 0 Å². The van der Waals surface area contributed by atoms with Crippen LogP contribution in [-0.2, 0) is 9.47 Å². The van der Waals surface area contributed by atoms with E-state index in [2.05, 4.69) is 24.1 Å². The van der Waals surface area contributed by atoms with Crippen LogP contribution in [0.3, 0.4) is 0 Å². The maximum Gasteiger partial charge on any atom is 0.0707 e. The molecular weight excluding hydrogens is 228 g/mol. The molecule has 0 aromatic carbocycles. The van der Waals surface area contributed by atoms with E-state index >= 15 is 0 Å². The minimum atomic E-state index is 0.429. The van der Waals surface area contributed by atoms with Crippen LogP contribution >= 0.6 is 0 Å². The molecule has 106 valence electrons. The van der Waals surface area contributed by atoms with E-state index in [4.69, 9.17) is 9.47 Å². The Kier molecular flexibility index (Phi) is 5.89. The highest BCUT2D eigenvalue weighted by Gasteiger charge is 2.29. The summed E-state index contributed by atoms with van der Waals surface area (Å²) in [5, 5.41) is 3.45. The Morgan fingerprint density at radius 2 is 2.11 bits per heavy atom. The number of nitrogens with zero attached hydrogens (tertiary/aromatic N) is 1. The fourth-order valence-electron chi connectivity index (χ4n) is 2.80. The molecule has 4 nitrogen and oxygen atoms in total. The first kappa shape index (κ1) is 14.3. The Balaban J connectivity index is 1.65. The molecule has 0 aliphatic carbocycles. The van der Waals surface area contributed by atoms with Gasteiger partial charge in [-0.3, -0.25) is 4.90 Å². The van der Waals surface area contributed by atoms with Gasteiger partial charge in [0.15, 0.2) is 0 Å². The van der Waals surface area contributed by atoms with Gasteiger partial charge in [0.25, 0.3) is 0 Å². The fourth-order valence-corrected chi connectivity index (χ4v) is 2.80. The molecule has 0 amide bonds. The molecule has 2 aliphatic heterocycles. The first-order valence-electron chi connectivity index (χ1n) is 7.47. The van der Waals surface area contributed by atoms with Crippen LogP contribution in [0.4, 0.5) is 0 Å². The van der Waals surface area contributed by atoms with Crippen molar-refractivity contribution in [2.45, 2.75) is 51.4 Å². The molecule has 0 aromatic heterocycles. The Labute approximate surface area is 111 Å². The summed E-state index contributed by atoms with van der Waals surface area (Å²) < 4.78 is 11.6. The lowest BCUT2D eigenvalue weighted by molar-refractivity contribution is -0.0356. The van der Waals surface area contributed by atoms with Crippen molar-refractivity contribution in [1.82, 2.24) is 10.2 Å². The number of morpholine rings is 1. The molecule has 2 saturated heterocycles. The molecule has 2 rings (SSSR count). The van der Waals surface area contributed by atoms with Crippen LogP contribution in [0, 0.1) is 0 Å². The highest BCUT2D eigenvalue weighted by atomic mass is 16.5. The molecule has 0 aromatic rings. The zero-order valence-corrected chi connectivity index (χ0v) is 11.9. The van der Waals surface area contributed by atoms with Crippen molar-refractivity contribution in [3.05, 3.63) is 0 Å². The smallest absolute Gasteiger partial charge is 0.0707 e. The zero-order valence-electron chi connectivity index (χ0n) is 11.9. The lowest BCUT2D eigenvalue weighted by Gasteiger charge is -2.34. The predicted octanol–water partition coefficient (Wildman–Crippen LogP) is 1.25. The summed E-state index contributed by atoms with van der Waals surface area (Å²) in [6.45, 7) is 10.4. The average molecular weight is 256 g/mol. The standard InChI is InChI=1S/C14H28N2O2/c1-3-6-15-9-13-4-5-14(18-13)10-16-7-8-17-11-12(16)2/h12-15H,3-11H2,1-2H3. The van der Waals surface area contributed by atoms with E-state index in [1.807, 2.05) is 0 Å². The van der Waals surface area contributed by atoms with Gasteiger partial charge >= 0.3 is 0 Å². The van der Waals surface area contributed by atoms with E-state index < -0.39 is 0 Å². The highest BCUT2D eigenvalue weighted by molar-refractivity contribution is 4.81. The van der Waals surface area contributed by atoms with Crippen LogP contribution in [0.1, 0.15) is 33.1 Å². The molecule has 3 atom stereocenters. The maximum atomic E-state index is 6.11. The van der Waals surface area contributed by atoms with Gasteiger partial charge in [-0.2, -0.15) is 0 Å². The molecule has 18 heavy (non-hydrogen) atoms. The molecule has 3 unspecified atom stereocenters. The number of nitrogens with one attached hydrogen (secondary N) is 1. The summed E-state index contributed by atoms with van der Waals surface area (Å²) in [5.41, 5.74) is 0. The molecule has 2 heterocycles. The molecule has 2 fully saturated rings. The van der Waals surface area contributed by atoms with Crippen molar-refractivity contribution >= 4 is 0 Å². The predicted molar refractivity (Wildman–Crippen MR) is 72.9 cm³/mol. The average Bonchev–Trinajstić information content (AvgIpc) is 2.80. The summed E-state index contributed by atoms with van der Waals surface area (Å²) in [6, 6.07) is 0.541. The summed E-state index contributed by atoms with van der Waals surface area (Å²) in [6.07, 6.45) is 4.47. The van der Waals surface area contributed by atoms with E-state index in [0.717, 1.165) is 39.4 Å². The van der Waals surface area contributed by atoms with Crippen molar-refractivity contribution < 1.29 is 9.47 Å². The second-order valence-electron chi connectivity index (χ2n) is 5.58. The molecule has 0 bridgehead atoms. The third-order valence-electron chi connectivity index (χ3n) is 3.94. The lowest BCUT2D eigenvalue weighted by Crippen LogP contribution is -2.47. The number of hydrogen-bond acceptors (Lipinski definition) is 4. The summed E-state index contributed by atoms with van der Waals surface area (Å²) >= 11 is 0. The Morgan fingerprint density at radius 3 is 2.89 bits per heavy atom. The normalized spacial score (nSPS) is 34.0. The van der Waals surface area contributed by atoms with Crippen molar-refractivity contribution in [2.24, 2.45) is 0 Å². The van der Waals surface area contributed by atoms with Gasteiger partial charge in [-0.25, -0.2) is 0 Å². The van der Waals surface area contributed by atoms with Gasteiger partial charge in [-0.05, 0) is 32.7 Å². The third-order valence-corrected chi connectivity index (χ3v) is 3.94. The van der Waals surface area contributed by atoms with E-state index in [9.17, 15) is 0 Å². The topological polar surface area (TPSA) is 33.7 Å². The molecular formula is C14H28N2O2. The molecule has 0 saturated carbocycles. The molecule has 0 radical (unpaired) electrons. The largest absolute Gasteiger partial charge is 0.379 e. The summed E-state index contributed by atoms with van der Waals surface area (Å²) in [5.74, 6) is 0. The minimum Gasteiger partial charge on any atom is -0.379 e. The summed E-state index contributed by atoms with van der Waals surface area (Å²) in [4.78, 5) is 2.51. The Morgan fingerprint density at radius 1 is 1.28 bits per heavy atom. The zero-order chi connectivity index (χ0) is 12.8. The first-order chi connectivity index (χ1) is 8.79. The van der Waals surface area contributed by atoms with Crippen LogP contribution < -0.4 is 5.32 Å². The second-order valence-corrected chi connectivity index (χ2v) is 5.58. The Bertz CT molecular complexity index is 238. The monoisotopic (exact) mass is 256 g/mol. The van der Waals surface area contributed by atoms with Gasteiger partial charge in [0.1, 0.15) is 0 Å². The van der Waals surface area contributed by atoms with Gasteiger partial charge in [0.2, 0.25) is 0 Å². The van der Waals surface area contributed by atoms with Crippen LogP contribution in [0.2, 0.25) is 0 Å². The minimum absolute atomic E-state index is 0.429. The van der Waals surface area contributed by atoms with Gasteiger partial charge in [-0.15, -0.1) is 0 Å². The quantitative estimate of drug-likeness (QED) is 0.725. The van der Waals surface area contributed by atoms with E-state index in [0.29, 0.717) is 18.2 Å². The second kappa shape index (κ2) is 7.43. The molecule has 4 heteroatoms. The third kappa shape index (κ3) is 4.19. The van der Waals surface area contributed by atoms with Crippen molar-refractivity contribution in [3.8, 4) is 0 Å². The van der Waals surface area contributed by atoms with Gasteiger partial charge in [0.05, 0.1) is 25.4 Å². The molecule has 1 N–H and O–H groups in total. The van der Waals surface area contributed by atoms with Crippen LogP contribution in [-0.4, -0.2) is 62.5 Å².